The lowest BCUT2D eigenvalue weighted by atomic mass is 9.78. The highest BCUT2D eigenvalue weighted by Crippen LogP contribution is 2.43. The van der Waals surface area contributed by atoms with E-state index in [9.17, 15) is 27.2 Å². The predicted molar refractivity (Wildman–Crippen MR) is 113 cm³/mol. The van der Waals surface area contributed by atoms with Crippen LogP contribution < -0.4 is 15.2 Å². The zero-order valence-electron chi connectivity index (χ0n) is 18.0. The largest absolute Gasteiger partial charge is 0.484 e. The van der Waals surface area contributed by atoms with Crippen LogP contribution in [0.15, 0.2) is 42.5 Å². The summed E-state index contributed by atoms with van der Waals surface area (Å²) in [5.74, 6) is -1.24. The Labute approximate surface area is 192 Å². The van der Waals surface area contributed by atoms with E-state index < -0.39 is 30.2 Å². The van der Waals surface area contributed by atoms with Crippen LogP contribution in [0.5, 0.6) is 5.75 Å². The molecule has 0 aromatic heterocycles. The van der Waals surface area contributed by atoms with Gasteiger partial charge in [-0.3, -0.25) is 4.79 Å². The van der Waals surface area contributed by atoms with Crippen LogP contribution in [0.25, 0.3) is 0 Å². The molecular weight excluding hydrogens is 461 g/mol. The fourth-order valence-corrected chi connectivity index (χ4v) is 4.35. The van der Waals surface area contributed by atoms with Crippen molar-refractivity contribution >= 4 is 17.5 Å². The number of hydrogen-bond acceptors (Lipinski definition) is 4. The standard InChI is InChI=1S/C23H22F5N3O3/c24-16-6-5-15(20(11-16)34-14-23(25,26)27)13-29-21(33)30-9-7-22(8-10-30)12-19(32)17-3-1-2-4-18(17)31(22)28/h1-6,11H,7-10,12-14H2,(H,29,33). The maximum Gasteiger partial charge on any atom is 0.422 e. The van der Waals surface area contributed by atoms with Gasteiger partial charge in [-0.15, -0.1) is 0 Å². The summed E-state index contributed by atoms with van der Waals surface area (Å²) >= 11 is 0. The number of hydrogen-bond donors (Lipinski definition) is 1. The summed E-state index contributed by atoms with van der Waals surface area (Å²) in [4.78, 5) is 26.6. The zero-order valence-corrected chi connectivity index (χ0v) is 18.0. The molecule has 0 unspecified atom stereocenters. The van der Waals surface area contributed by atoms with E-state index in [4.69, 9.17) is 0 Å². The fraction of sp³-hybridized carbons (Fsp3) is 0.391. The van der Waals surface area contributed by atoms with Crippen LogP contribution >= 0.6 is 0 Å². The van der Waals surface area contributed by atoms with Crippen molar-refractivity contribution in [3.63, 3.8) is 0 Å². The number of ether oxygens (including phenoxy) is 1. The average molecular weight is 483 g/mol. The Kier molecular flexibility index (Phi) is 6.37. The molecule has 0 radical (unpaired) electrons. The number of nitrogens with zero attached hydrogens (tertiary/aromatic N) is 2. The van der Waals surface area contributed by atoms with Gasteiger partial charge in [-0.2, -0.15) is 13.2 Å². The number of para-hydroxylation sites is 1. The molecule has 1 N–H and O–H groups in total. The van der Waals surface area contributed by atoms with Crippen molar-refractivity contribution in [1.29, 1.82) is 0 Å². The lowest BCUT2D eigenvalue weighted by Gasteiger charge is -2.47. The Morgan fingerprint density at radius 1 is 1.12 bits per heavy atom. The molecule has 34 heavy (non-hydrogen) atoms. The summed E-state index contributed by atoms with van der Waals surface area (Å²) in [5, 5.41) is 3.22. The van der Waals surface area contributed by atoms with Crippen molar-refractivity contribution in [2.75, 3.05) is 24.8 Å². The number of anilines is 1. The van der Waals surface area contributed by atoms with Gasteiger partial charge in [0.25, 0.3) is 0 Å². The Balaban J connectivity index is 1.37. The van der Waals surface area contributed by atoms with Gasteiger partial charge in [0.2, 0.25) is 0 Å². The minimum Gasteiger partial charge on any atom is -0.484 e. The molecule has 0 bridgehead atoms. The van der Waals surface area contributed by atoms with E-state index in [0.717, 1.165) is 12.1 Å². The van der Waals surface area contributed by atoms with Crippen LogP contribution in [0.1, 0.15) is 35.2 Å². The smallest absolute Gasteiger partial charge is 0.422 e. The summed E-state index contributed by atoms with van der Waals surface area (Å²) in [5.41, 5.74) is -0.299. The van der Waals surface area contributed by atoms with E-state index in [2.05, 4.69) is 10.1 Å². The molecule has 2 aromatic carbocycles. The molecule has 1 saturated heterocycles. The number of halogens is 5. The second kappa shape index (κ2) is 9.11. The van der Waals surface area contributed by atoms with Crippen LogP contribution in [0, 0.1) is 5.82 Å². The maximum absolute atomic E-state index is 15.3. The molecule has 2 amide bonds. The number of benzene rings is 2. The first-order chi connectivity index (χ1) is 16.1. The first kappa shape index (κ1) is 23.8. The van der Waals surface area contributed by atoms with E-state index in [-0.39, 0.29) is 61.7 Å². The van der Waals surface area contributed by atoms with Gasteiger partial charge >= 0.3 is 12.2 Å². The number of Topliss-reactive ketones (excluding diaryl/α,β-unsaturated/α-hetero) is 1. The normalized spacial score (nSPS) is 17.5. The van der Waals surface area contributed by atoms with Crippen molar-refractivity contribution in [2.24, 2.45) is 0 Å². The lowest BCUT2D eigenvalue weighted by Crippen LogP contribution is -2.57. The van der Waals surface area contributed by atoms with E-state index in [1.54, 1.807) is 24.3 Å². The van der Waals surface area contributed by atoms with Gasteiger partial charge in [0.05, 0.1) is 11.2 Å². The van der Waals surface area contributed by atoms with Crippen molar-refractivity contribution < 1.29 is 36.4 Å². The van der Waals surface area contributed by atoms with E-state index in [0.29, 0.717) is 10.7 Å². The second-order valence-electron chi connectivity index (χ2n) is 8.42. The topological polar surface area (TPSA) is 61.9 Å². The Morgan fingerprint density at radius 3 is 2.53 bits per heavy atom. The number of amides is 2. The molecule has 2 aliphatic rings. The first-order valence-electron chi connectivity index (χ1n) is 10.7. The van der Waals surface area contributed by atoms with Gasteiger partial charge in [0, 0.05) is 43.2 Å². The van der Waals surface area contributed by atoms with Crippen molar-refractivity contribution in [3.05, 3.63) is 59.4 Å². The third-order valence-electron chi connectivity index (χ3n) is 6.15. The number of carbonyl (C=O) groups excluding carboxylic acids is 2. The molecule has 0 atom stereocenters. The van der Waals surface area contributed by atoms with Crippen LogP contribution in [0.2, 0.25) is 0 Å². The molecule has 6 nitrogen and oxygen atoms in total. The Morgan fingerprint density at radius 2 is 1.82 bits per heavy atom. The summed E-state index contributed by atoms with van der Waals surface area (Å²) in [6.45, 7) is -1.41. The first-order valence-corrected chi connectivity index (χ1v) is 10.7. The van der Waals surface area contributed by atoms with Gasteiger partial charge < -0.3 is 15.0 Å². The number of fused-ring (bicyclic) bond motifs is 1. The summed E-state index contributed by atoms with van der Waals surface area (Å²) in [7, 11) is 0. The van der Waals surface area contributed by atoms with Gasteiger partial charge in [-0.05, 0) is 31.0 Å². The minimum atomic E-state index is -4.60. The summed E-state index contributed by atoms with van der Waals surface area (Å²) in [6.07, 6.45) is -4.13. The SMILES string of the molecule is O=C1CC2(CCN(C(=O)NCc3ccc(F)cc3OCC(F)(F)F)CC2)N(F)c2ccccc21. The van der Waals surface area contributed by atoms with Crippen LogP contribution in [0.3, 0.4) is 0 Å². The Hall–Kier alpha value is -3.37. The quantitative estimate of drug-likeness (QED) is 0.502. The third-order valence-corrected chi connectivity index (χ3v) is 6.15. The molecule has 2 aromatic rings. The van der Waals surface area contributed by atoms with Crippen molar-refractivity contribution in [3.8, 4) is 5.75 Å². The van der Waals surface area contributed by atoms with E-state index in [1.807, 2.05) is 0 Å². The molecule has 2 aliphatic heterocycles. The number of piperidine rings is 1. The van der Waals surface area contributed by atoms with E-state index >= 15 is 4.48 Å². The van der Waals surface area contributed by atoms with Crippen molar-refractivity contribution in [2.45, 2.75) is 37.5 Å². The predicted octanol–water partition coefficient (Wildman–Crippen LogP) is 4.79. The Bertz CT molecular complexity index is 1080. The summed E-state index contributed by atoms with van der Waals surface area (Å²) < 4.78 is 70.8. The number of alkyl halides is 3. The number of rotatable bonds is 4. The van der Waals surface area contributed by atoms with Gasteiger partial charge in [0.15, 0.2) is 12.4 Å². The third kappa shape index (κ3) is 4.92. The van der Waals surface area contributed by atoms with Gasteiger partial charge in [-0.25, -0.2) is 14.3 Å². The molecule has 11 heteroatoms. The second-order valence-corrected chi connectivity index (χ2v) is 8.42. The highest BCUT2D eigenvalue weighted by atomic mass is 19.4. The average Bonchev–Trinajstić information content (AvgIpc) is 2.80. The molecular formula is C23H22F5N3O3. The van der Waals surface area contributed by atoms with Crippen molar-refractivity contribution in [1.82, 2.24) is 10.2 Å². The molecule has 4 rings (SSSR count). The molecule has 2 heterocycles. The molecule has 182 valence electrons. The molecule has 1 fully saturated rings. The number of nitrogens with one attached hydrogen (secondary N) is 1. The zero-order chi connectivity index (χ0) is 24.5. The number of ketones is 1. The number of urea groups is 1. The number of carbonyl (C=O) groups is 2. The van der Waals surface area contributed by atoms with Crippen LogP contribution in [0.4, 0.5) is 32.5 Å². The van der Waals surface area contributed by atoms with Crippen LogP contribution in [-0.2, 0) is 6.54 Å². The van der Waals surface area contributed by atoms with Gasteiger partial charge in [0.1, 0.15) is 11.6 Å². The fourth-order valence-electron chi connectivity index (χ4n) is 4.35. The van der Waals surface area contributed by atoms with Gasteiger partial charge in [-0.1, -0.05) is 22.7 Å². The molecule has 1 spiro atoms. The monoisotopic (exact) mass is 483 g/mol. The van der Waals surface area contributed by atoms with E-state index in [1.165, 1.54) is 11.0 Å². The highest BCUT2D eigenvalue weighted by Gasteiger charge is 2.47. The van der Waals surface area contributed by atoms with Crippen LogP contribution in [-0.4, -0.2) is 48.1 Å². The summed E-state index contributed by atoms with van der Waals surface area (Å²) in [6, 6.07) is 9.08. The highest BCUT2D eigenvalue weighted by molar-refractivity contribution is 6.04. The minimum absolute atomic E-state index is 0.00541. The molecule has 0 aliphatic carbocycles. The number of likely N-dealkylation sites (tertiary alicyclic amines) is 1. The molecule has 0 saturated carbocycles. The lowest BCUT2D eigenvalue weighted by molar-refractivity contribution is -0.153. The maximum atomic E-state index is 15.3.